The van der Waals surface area contributed by atoms with E-state index in [4.69, 9.17) is 11.6 Å². The monoisotopic (exact) mass is 303 g/mol. The highest BCUT2D eigenvalue weighted by Crippen LogP contribution is 2.24. The third-order valence-electron chi connectivity index (χ3n) is 3.17. The van der Waals surface area contributed by atoms with Gasteiger partial charge in [-0.3, -0.25) is 9.78 Å². The van der Waals surface area contributed by atoms with Crippen molar-refractivity contribution in [3.05, 3.63) is 52.3 Å². The molecule has 0 aliphatic carbocycles. The van der Waals surface area contributed by atoms with Crippen LogP contribution < -0.4 is 10.6 Å². The highest BCUT2D eigenvalue weighted by atomic mass is 35.5. The molecule has 2 N–H and O–H groups in total. The smallest absolute Gasteiger partial charge is 0.259 e. The lowest BCUT2D eigenvalue weighted by molar-refractivity contribution is 0.102. The summed E-state index contributed by atoms with van der Waals surface area (Å²) in [5, 5.41) is 6.69. The Bertz CT molecular complexity index is 671. The highest BCUT2D eigenvalue weighted by Gasteiger charge is 2.14. The van der Waals surface area contributed by atoms with Crippen molar-refractivity contribution in [1.29, 1.82) is 0 Å². The van der Waals surface area contributed by atoms with Crippen LogP contribution in [0.5, 0.6) is 0 Å². The maximum atomic E-state index is 12.5. The van der Waals surface area contributed by atoms with E-state index in [9.17, 15) is 4.79 Å². The summed E-state index contributed by atoms with van der Waals surface area (Å²) < 4.78 is 0. The molecule has 5 heteroatoms. The van der Waals surface area contributed by atoms with E-state index in [2.05, 4.69) is 15.6 Å². The number of halogens is 1. The molecular weight excluding hydrogens is 286 g/mol. The Morgan fingerprint density at radius 2 is 2.05 bits per heavy atom. The Morgan fingerprint density at radius 3 is 2.76 bits per heavy atom. The molecule has 0 aliphatic heterocycles. The van der Waals surface area contributed by atoms with E-state index in [-0.39, 0.29) is 5.91 Å². The number of nitrogens with zero attached hydrogens (tertiary/aromatic N) is 1. The molecule has 0 unspecified atom stereocenters. The summed E-state index contributed by atoms with van der Waals surface area (Å²) in [7, 11) is 0. The van der Waals surface area contributed by atoms with Crippen LogP contribution in [-0.4, -0.2) is 17.4 Å². The van der Waals surface area contributed by atoms with Gasteiger partial charge in [0.15, 0.2) is 0 Å². The van der Waals surface area contributed by atoms with E-state index < -0.39 is 0 Å². The predicted molar refractivity (Wildman–Crippen MR) is 87.3 cm³/mol. The van der Waals surface area contributed by atoms with Crippen molar-refractivity contribution in [1.82, 2.24) is 4.98 Å². The van der Waals surface area contributed by atoms with Crippen LogP contribution in [0.15, 0.2) is 30.5 Å². The molecule has 0 saturated heterocycles. The van der Waals surface area contributed by atoms with Gasteiger partial charge < -0.3 is 10.6 Å². The number of aromatic nitrogens is 1. The van der Waals surface area contributed by atoms with Crippen LogP contribution in [0.2, 0.25) is 5.02 Å². The molecule has 21 heavy (non-hydrogen) atoms. The molecule has 1 heterocycles. The minimum absolute atomic E-state index is 0.205. The maximum Gasteiger partial charge on any atom is 0.259 e. The molecule has 0 spiro atoms. The fraction of sp³-hybridized carbons (Fsp3) is 0.250. The van der Waals surface area contributed by atoms with Crippen LogP contribution in [0.3, 0.4) is 0 Å². The van der Waals surface area contributed by atoms with Crippen molar-refractivity contribution >= 4 is 28.9 Å². The molecule has 0 atom stereocenters. The molecule has 2 aromatic rings. The average Bonchev–Trinajstić information content (AvgIpc) is 2.44. The standard InChI is InChI=1S/C16H18ClN3O/c1-4-18-15-8-10(2)19-9-12(15)16(21)20-14-7-5-6-13(17)11(14)3/h5-9H,4H2,1-3H3,(H,18,19)(H,20,21). The van der Waals surface area contributed by atoms with Crippen molar-refractivity contribution < 1.29 is 4.79 Å². The fourth-order valence-corrected chi connectivity index (χ4v) is 2.18. The number of carbonyl (C=O) groups excluding carboxylic acids is 1. The van der Waals surface area contributed by atoms with Crippen LogP contribution in [0.25, 0.3) is 0 Å². The Balaban J connectivity index is 2.30. The van der Waals surface area contributed by atoms with Gasteiger partial charge in [0.05, 0.1) is 11.3 Å². The van der Waals surface area contributed by atoms with Gasteiger partial charge in [0.25, 0.3) is 5.91 Å². The lowest BCUT2D eigenvalue weighted by Crippen LogP contribution is -2.16. The lowest BCUT2D eigenvalue weighted by Gasteiger charge is -2.13. The van der Waals surface area contributed by atoms with Crippen molar-refractivity contribution in [2.24, 2.45) is 0 Å². The number of benzene rings is 1. The molecule has 0 radical (unpaired) electrons. The first-order valence-corrected chi connectivity index (χ1v) is 7.17. The first-order valence-electron chi connectivity index (χ1n) is 6.80. The SMILES string of the molecule is CCNc1cc(C)ncc1C(=O)Nc1cccc(Cl)c1C. The van der Waals surface area contributed by atoms with E-state index in [1.54, 1.807) is 12.3 Å². The number of carbonyl (C=O) groups is 1. The van der Waals surface area contributed by atoms with Gasteiger partial charge in [0.2, 0.25) is 0 Å². The second kappa shape index (κ2) is 6.59. The molecule has 110 valence electrons. The van der Waals surface area contributed by atoms with Gasteiger partial charge in [-0.1, -0.05) is 17.7 Å². The van der Waals surface area contributed by atoms with Gasteiger partial charge in [-0.25, -0.2) is 0 Å². The maximum absolute atomic E-state index is 12.5. The first-order chi connectivity index (χ1) is 10.0. The van der Waals surface area contributed by atoms with Gasteiger partial charge in [-0.2, -0.15) is 0 Å². The number of amides is 1. The first kappa shape index (κ1) is 15.3. The van der Waals surface area contributed by atoms with E-state index in [1.165, 1.54) is 0 Å². The van der Waals surface area contributed by atoms with Crippen molar-refractivity contribution in [2.75, 3.05) is 17.2 Å². The van der Waals surface area contributed by atoms with Gasteiger partial charge in [-0.05, 0) is 44.5 Å². The number of rotatable bonds is 4. The second-order valence-electron chi connectivity index (χ2n) is 4.77. The van der Waals surface area contributed by atoms with Crippen LogP contribution in [-0.2, 0) is 0 Å². The summed E-state index contributed by atoms with van der Waals surface area (Å²) in [6.07, 6.45) is 1.59. The molecule has 0 bridgehead atoms. The summed E-state index contributed by atoms with van der Waals surface area (Å²) in [6.45, 7) is 6.48. The highest BCUT2D eigenvalue weighted by molar-refractivity contribution is 6.31. The minimum Gasteiger partial charge on any atom is -0.385 e. The zero-order valence-corrected chi connectivity index (χ0v) is 13.1. The predicted octanol–water partition coefficient (Wildman–Crippen LogP) is 4.04. The summed E-state index contributed by atoms with van der Waals surface area (Å²) in [6, 6.07) is 7.30. The van der Waals surface area contributed by atoms with Crippen LogP contribution in [0, 0.1) is 13.8 Å². The van der Waals surface area contributed by atoms with E-state index in [0.29, 0.717) is 16.3 Å². The molecular formula is C16H18ClN3O. The topological polar surface area (TPSA) is 54.0 Å². The van der Waals surface area contributed by atoms with Gasteiger partial charge in [0.1, 0.15) is 0 Å². The van der Waals surface area contributed by atoms with Crippen LogP contribution >= 0.6 is 11.6 Å². The van der Waals surface area contributed by atoms with Crippen molar-refractivity contribution in [3.8, 4) is 0 Å². The zero-order chi connectivity index (χ0) is 15.4. The molecule has 4 nitrogen and oxygen atoms in total. The number of anilines is 2. The Morgan fingerprint density at radius 1 is 1.29 bits per heavy atom. The Hall–Kier alpha value is -2.07. The molecule has 2 rings (SSSR count). The van der Waals surface area contributed by atoms with E-state index in [0.717, 1.165) is 23.5 Å². The molecule has 1 aromatic heterocycles. The number of hydrogen-bond donors (Lipinski definition) is 2. The third kappa shape index (κ3) is 3.52. The molecule has 0 aliphatic rings. The summed E-state index contributed by atoms with van der Waals surface area (Å²) in [4.78, 5) is 16.6. The lowest BCUT2D eigenvalue weighted by atomic mass is 10.1. The summed E-state index contributed by atoms with van der Waals surface area (Å²) >= 11 is 6.07. The van der Waals surface area contributed by atoms with Crippen molar-refractivity contribution in [2.45, 2.75) is 20.8 Å². The third-order valence-corrected chi connectivity index (χ3v) is 3.58. The Kier molecular flexibility index (Phi) is 4.81. The van der Waals surface area contributed by atoms with Gasteiger partial charge >= 0.3 is 0 Å². The largest absolute Gasteiger partial charge is 0.385 e. The number of nitrogens with one attached hydrogen (secondary N) is 2. The van der Waals surface area contributed by atoms with Gasteiger partial charge in [-0.15, -0.1) is 0 Å². The van der Waals surface area contributed by atoms with Crippen molar-refractivity contribution in [3.63, 3.8) is 0 Å². The zero-order valence-electron chi connectivity index (χ0n) is 12.3. The van der Waals surface area contributed by atoms with Crippen LogP contribution in [0.4, 0.5) is 11.4 Å². The molecule has 0 fully saturated rings. The number of hydrogen-bond acceptors (Lipinski definition) is 3. The summed E-state index contributed by atoms with van der Waals surface area (Å²) in [5.74, 6) is -0.205. The Labute approximate surface area is 129 Å². The number of aryl methyl sites for hydroxylation is 1. The second-order valence-corrected chi connectivity index (χ2v) is 5.18. The molecule has 1 aromatic carbocycles. The fourth-order valence-electron chi connectivity index (χ4n) is 2.01. The quantitative estimate of drug-likeness (QED) is 0.896. The summed E-state index contributed by atoms with van der Waals surface area (Å²) in [5.41, 5.74) is 3.71. The number of pyridine rings is 1. The van der Waals surface area contributed by atoms with E-state index >= 15 is 0 Å². The van der Waals surface area contributed by atoms with Crippen LogP contribution in [0.1, 0.15) is 28.5 Å². The van der Waals surface area contributed by atoms with Gasteiger partial charge in [0, 0.05) is 29.1 Å². The molecule has 1 amide bonds. The molecule has 0 saturated carbocycles. The minimum atomic E-state index is -0.205. The van der Waals surface area contributed by atoms with E-state index in [1.807, 2.05) is 39.0 Å². The average molecular weight is 304 g/mol. The normalized spacial score (nSPS) is 10.3.